The minimum Gasteiger partial charge on any atom is -0.506 e. The van der Waals surface area contributed by atoms with Crippen molar-refractivity contribution in [3.8, 4) is 11.5 Å². The molecule has 0 aliphatic carbocycles. The summed E-state index contributed by atoms with van der Waals surface area (Å²) in [6.45, 7) is 0. The van der Waals surface area contributed by atoms with Gasteiger partial charge in [-0.05, 0) is 12.1 Å². The lowest BCUT2D eigenvalue weighted by Gasteiger charge is -2.21. The number of nitrogen functional groups attached to an aromatic ring is 2. The molecule has 0 spiro atoms. The molecule has 19 heavy (non-hydrogen) atoms. The summed E-state index contributed by atoms with van der Waals surface area (Å²) >= 11 is 0. The Morgan fingerprint density at radius 2 is 1.16 bits per heavy atom. The number of para-hydroxylation sites is 2. The van der Waals surface area contributed by atoms with Crippen molar-refractivity contribution in [3.63, 3.8) is 0 Å². The first kappa shape index (κ1) is 12.9. The summed E-state index contributed by atoms with van der Waals surface area (Å²) in [5.74, 6) is -4.39. The highest BCUT2D eigenvalue weighted by molar-refractivity contribution is 5.66. The van der Waals surface area contributed by atoms with Crippen molar-refractivity contribution in [2.45, 2.75) is 5.92 Å². The Balaban J connectivity index is 2.65. The molecule has 0 atom stereocenters. The molecule has 100 valence electrons. The Morgan fingerprint density at radius 3 is 1.53 bits per heavy atom. The van der Waals surface area contributed by atoms with Gasteiger partial charge in [-0.2, -0.15) is 8.78 Å². The summed E-state index contributed by atoms with van der Waals surface area (Å²) in [6.07, 6.45) is 0. The van der Waals surface area contributed by atoms with Gasteiger partial charge >= 0.3 is 5.92 Å². The molecular formula is C13H12F2N2O2. The van der Waals surface area contributed by atoms with Gasteiger partial charge in [0, 0.05) is 0 Å². The van der Waals surface area contributed by atoms with Crippen LogP contribution in [0, 0.1) is 0 Å². The number of halogens is 2. The Morgan fingerprint density at radius 1 is 0.789 bits per heavy atom. The molecule has 0 unspecified atom stereocenters. The van der Waals surface area contributed by atoms with Crippen molar-refractivity contribution in [2.24, 2.45) is 0 Å². The summed E-state index contributed by atoms with van der Waals surface area (Å²) in [4.78, 5) is 0. The van der Waals surface area contributed by atoms with E-state index in [1.807, 2.05) is 0 Å². The van der Waals surface area contributed by atoms with E-state index in [1.54, 1.807) is 0 Å². The van der Waals surface area contributed by atoms with Crippen LogP contribution in [0.5, 0.6) is 11.5 Å². The van der Waals surface area contributed by atoms with Crippen molar-refractivity contribution < 1.29 is 19.0 Å². The smallest absolute Gasteiger partial charge is 0.302 e. The average molecular weight is 266 g/mol. The number of phenols is 2. The van der Waals surface area contributed by atoms with E-state index in [4.69, 9.17) is 11.5 Å². The molecule has 0 aliphatic heterocycles. The van der Waals surface area contributed by atoms with Gasteiger partial charge < -0.3 is 21.7 Å². The molecule has 0 aromatic heterocycles. The molecule has 4 nitrogen and oxygen atoms in total. The van der Waals surface area contributed by atoms with Crippen LogP contribution in [0.15, 0.2) is 36.4 Å². The van der Waals surface area contributed by atoms with E-state index in [9.17, 15) is 19.0 Å². The van der Waals surface area contributed by atoms with E-state index < -0.39 is 39.9 Å². The van der Waals surface area contributed by atoms with Crippen LogP contribution in [-0.2, 0) is 5.92 Å². The van der Waals surface area contributed by atoms with Crippen LogP contribution in [0.25, 0.3) is 0 Å². The number of rotatable bonds is 2. The van der Waals surface area contributed by atoms with Gasteiger partial charge in [0.25, 0.3) is 0 Å². The molecule has 0 bridgehead atoms. The Hall–Kier alpha value is -2.50. The van der Waals surface area contributed by atoms with Crippen LogP contribution in [0.1, 0.15) is 11.1 Å². The van der Waals surface area contributed by atoms with Crippen LogP contribution in [0.4, 0.5) is 20.2 Å². The number of aromatic hydroxyl groups is 2. The molecule has 0 saturated carbocycles. The molecule has 6 heteroatoms. The van der Waals surface area contributed by atoms with Crippen LogP contribution in [0.2, 0.25) is 0 Å². The van der Waals surface area contributed by atoms with Crippen LogP contribution in [0.3, 0.4) is 0 Å². The lowest BCUT2D eigenvalue weighted by atomic mass is 9.97. The fourth-order valence-corrected chi connectivity index (χ4v) is 1.80. The summed E-state index contributed by atoms with van der Waals surface area (Å²) in [7, 11) is 0. The molecule has 0 aliphatic rings. The van der Waals surface area contributed by atoms with Crippen molar-refractivity contribution in [3.05, 3.63) is 47.5 Å². The first-order chi connectivity index (χ1) is 8.85. The quantitative estimate of drug-likeness (QED) is 0.496. The van der Waals surface area contributed by atoms with Crippen LogP contribution >= 0.6 is 0 Å². The maximum absolute atomic E-state index is 14.4. The van der Waals surface area contributed by atoms with Gasteiger partial charge in [0.1, 0.15) is 11.5 Å². The van der Waals surface area contributed by atoms with Crippen molar-refractivity contribution in [2.75, 3.05) is 11.5 Å². The number of nitrogens with two attached hydrogens (primary N) is 2. The third-order valence-electron chi connectivity index (χ3n) is 2.84. The maximum atomic E-state index is 14.4. The number of benzene rings is 2. The normalized spacial score (nSPS) is 11.5. The van der Waals surface area contributed by atoms with Gasteiger partial charge in [-0.15, -0.1) is 0 Å². The summed E-state index contributed by atoms with van der Waals surface area (Å²) in [5.41, 5.74) is 8.95. The molecule has 0 fully saturated rings. The lowest BCUT2D eigenvalue weighted by Crippen LogP contribution is -2.19. The fourth-order valence-electron chi connectivity index (χ4n) is 1.80. The van der Waals surface area contributed by atoms with Crippen molar-refractivity contribution in [1.29, 1.82) is 0 Å². The third kappa shape index (κ3) is 2.01. The second kappa shape index (κ2) is 4.31. The van der Waals surface area contributed by atoms with E-state index in [0.29, 0.717) is 0 Å². The Bertz CT molecular complexity index is 577. The number of phenolic OH excluding ortho intramolecular Hbond substituents is 2. The highest BCUT2D eigenvalue weighted by Gasteiger charge is 2.38. The average Bonchev–Trinajstić information content (AvgIpc) is 2.35. The summed E-state index contributed by atoms with van der Waals surface area (Å²) < 4.78 is 28.8. The standard InChI is InChI=1S/C13H12F2N2O2/c14-13(15,7-3-1-5-9(18)11(7)16)8-4-2-6-10(19)12(8)17/h1-6,18-19H,16-17H2. The number of hydrogen-bond donors (Lipinski definition) is 4. The lowest BCUT2D eigenvalue weighted by molar-refractivity contribution is 0.0441. The van der Waals surface area contributed by atoms with E-state index >= 15 is 0 Å². The number of alkyl halides is 2. The molecule has 6 N–H and O–H groups in total. The second-order valence-corrected chi connectivity index (χ2v) is 4.05. The first-order valence-corrected chi connectivity index (χ1v) is 5.39. The minimum atomic E-state index is -3.52. The number of hydrogen-bond acceptors (Lipinski definition) is 4. The predicted molar refractivity (Wildman–Crippen MR) is 68.0 cm³/mol. The Kier molecular flexibility index (Phi) is 2.94. The van der Waals surface area contributed by atoms with Gasteiger partial charge in [-0.1, -0.05) is 24.3 Å². The van der Waals surface area contributed by atoms with Crippen molar-refractivity contribution >= 4 is 11.4 Å². The largest absolute Gasteiger partial charge is 0.506 e. The van der Waals surface area contributed by atoms with E-state index in [0.717, 1.165) is 12.1 Å². The topological polar surface area (TPSA) is 92.5 Å². The minimum absolute atomic E-state index is 0.421. The van der Waals surface area contributed by atoms with Gasteiger partial charge in [-0.25, -0.2) is 0 Å². The zero-order chi connectivity index (χ0) is 14.2. The van der Waals surface area contributed by atoms with Crippen molar-refractivity contribution in [1.82, 2.24) is 0 Å². The van der Waals surface area contributed by atoms with Gasteiger partial charge in [0.15, 0.2) is 0 Å². The van der Waals surface area contributed by atoms with Crippen LogP contribution in [-0.4, -0.2) is 10.2 Å². The molecule has 0 amide bonds. The molecule has 0 saturated heterocycles. The molecule has 2 rings (SSSR count). The van der Waals surface area contributed by atoms with Gasteiger partial charge in [0.05, 0.1) is 22.5 Å². The van der Waals surface area contributed by atoms with Gasteiger partial charge in [0.2, 0.25) is 0 Å². The van der Waals surface area contributed by atoms with E-state index in [1.165, 1.54) is 24.3 Å². The molecule has 0 heterocycles. The fraction of sp³-hybridized carbons (Fsp3) is 0.0769. The maximum Gasteiger partial charge on any atom is 0.302 e. The van der Waals surface area contributed by atoms with E-state index in [2.05, 4.69) is 0 Å². The van der Waals surface area contributed by atoms with Crippen LogP contribution < -0.4 is 11.5 Å². The predicted octanol–water partition coefficient (Wildman–Crippen LogP) is 2.40. The second-order valence-electron chi connectivity index (χ2n) is 4.05. The molecular weight excluding hydrogens is 254 g/mol. The summed E-state index contributed by atoms with van der Waals surface area (Å²) in [6, 6.07) is 7.13. The molecule has 2 aromatic carbocycles. The molecule has 0 radical (unpaired) electrons. The van der Waals surface area contributed by atoms with E-state index in [-0.39, 0.29) is 0 Å². The monoisotopic (exact) mass is 266 g/mol. The zero-order valence-corrected chi connectivity index (χ0v) is 9.77. The zero-order valence-electron chi connectivity index (χ0n) is 9.77. The van der Waals surface area contributed by atoms with Gasteiger partial charge in [-0.3, -0.25) is 0 Å². The molecule has 2 aromatic rings. The number of anilines is 2. The first-order valence-electron chi connectivity index (χ1n) is 5.39. The Labute approximate surface area is 107 Å². The highest BCUT2D eigenvalue weighted by Crippen LogP contribution is 2.44. The highest BCUT2D eigenvalue weighted by atomic mass is 19.3. The third-order valence-corrected chi connectivity index (χ3v) is 2.84. The SMILES string of the molecule is Nc1c(O)cccc1C(F)(F)c1cccc(O)c1N. The summed E-state index contributed by atoms with van der Waals surface area (Å²) in [5, 5.41) is 18.8.